The van der Waals surface area contributed by atoms with Crippen LogP contribution in [-0.2, 0) is 5.41 Å². The lowest BCUT2D eigenvalue weighted by molar-refractivity contribution is 0.436. The predicted octanol–water partition coefficient (Wildman–Crippen LogP) is 14.9. The van der Waals surface area contributed by atoms with Crippen molar-refractivity contribution in [1.82, 2.24) is 9.97 Å². The fourth-order valence-corrected chi connectivity index (χ4v) is 9.72. The molecule has 0 saturated heterocycles. The maximum atomic E-state index is 6.74. The van der Waals surface area contributed by atoms with Gasteiger partial charge in [-0.05, 0) is 98.1 Å². The van der Waals surface area contributed by atoms with Crippen LogP contribution in [0, 0.1) is 0 Å². The van der Waals surface area contributed by atoms with Crippen LogP contribution in [0.25, 0.3) is 78.4 Å². The average Bonchev–Trinajstić information content (AvgIpc) is 3.65. The van der Waals surface area contributed by atoms with E-state index in [4.69, 9.17) is 14.7 Å². The van der Waals surface area contributed by atoms with Gasteiger partial charge in [0.25, 0.3) is 0 Å². The maximum Gasteiger partial charge on any atom is 0.160 e. The molecule has 290 valence electrons. The van der Waals surface area contributed by atoms with Crippen LogP contribution in [0.15, 0.2) is 231 Å². The standard InChI is InChI=1S/C59H38N2O/c1-3-16-39(17-4-1)41-20-13-23-45(34-41)54-38-55(46-24-14-21-42(35-46)40-18-5-2-6-19-40)61-58(60-54)47-25-15-22-43(36-47)44-32-33-57-53(37-44)59(52-30-11-12-31-56(52)62-57)50-28-9-7-26-48(50)49-27-8-10-29-51(49)59/h1-38H. The molecule has 0 bridgehead atoms. The van der Waals surface area contributed by atoms with E-state index in [1.165, 1.54) is 22.3 Å². The minimum atomic E-state index is -0.542. The van der Waals surface area contributed by atoms with Crippen LogP contribution >= 0.6 is 0 Å². The van der Waals surface area contributed by atoms with Gasteiger partial charge in [-0.15, -0.1) is 0 Å². The van der Waals surface area contributed by atoms with Crippen LogP contribution in [0.1, 0.15) is 22.3 Å². The van der Waals surface area contributed by atoms with Gasteiger partial charge in [-0.3, -0.25) is 0 Å². The lowest BCUT2D eigenvalue weighted by Crippen LogP contribution is -2.32. The Bertz CT molecular complexity index is 3190. The second kappa shape index (κ2) is 14.5. The van der Waals surface area contributed by atoms with E-state index in [9.17, 15) is 0 Å². The quantitative estimate of drug-likeness (QED) is 0.168. The van der Waals surface area contributed by atoms with E-state index >= 15 is 0 Å². The molecule has 0 N–H and O–H groups in total. The Morgan fingerprint density at radius 3 is 1.29 bits per heavy atom. The van der Waals surface area contributed by atoms with Gasteiger partial charge in [-0.1, -0.05) is 188 Å². The zero-order valence-electron chi connectivity index (χ0n) is 33.7. The molecule has 12 rings (SSSR count). The third kappa shape index (κ3) is 5.82. The van der Waals surface area contributed by atoms with E-state index in [1.807, 2.05) is 0 Å². The molecule has 1 spiro atoms. The molecule has 0 unspecified atom stereocenters. The molecule has 0 fully saturated rings. The topological polar surface area (TPSA) is 35.0 Å². The van der Waals surface area contributed by atoms with E-state index in [2.05, 4.69) is 231 Å². The molecular formula is C59H38N2O. The van der Waals surface area contributed by atoms with Gasteiger partial charge in [0.2, 0.25) is 0 Å². The molecule has 0 amide bonds. The smallest absolute Gasteiger partial charge is 0.160 e. The first kappa shape index (κ1) is 35.8. The summed E-state index contributed by atoms with van der Waals surface area (Å²) in [5.41, 5.74) is 18.3. The number of nitrogens with zero attached hydrogens (tertiary/aromatic N) is 2. The molecule has 10 aromatic rings. The molecule has 1 aliphatic carbocycles. The second-order valence-electron chi connectivity index (χ2n) is 16.1. The zero-order chi connectivity index (χ0) is 41.0. The molecule has 0 atom stereocenters. The number of rotatable bonds is 6. The minimum Gasteiger partial charge on any atom is -0.457 e. The Hall–Kier alpha value is -8.14. The van der Waals surface area contributed by atoms with E-state index < -0.39 is 5.41 Å². The first-order chi connectivity index (χ1) is 30.7. The van der Waals surface area contributed by atoms with Crippen molar-refractivity contribution in [1.29, 1.82) is 0 Å². The molecule has 3 nitrogen and oxygen atoms in total. The van der Waals surface area contributed by atoms with Crippen LogP contribution in [-0.4, -0.2) is 9.97 Å². The first-order valence-electron chi connectivity index (χ1n) is 21.1. The van der Waals surface area contributed by atoms with Crippen LogP contribution in [0.2, 0.25) is 0 Å². The van der Waals surface area contributed by atoms with Gasteiger partial charge in [-0.2, -0.15) is 0 Å². The number of aromatic nitrogens is 2. The fraction of sp³-hybridized carbons (Fsp3) is 0.0169. The summed E-state index contributed by atoms with van der Waals surface area (Å²) in [4.78, 5) is 10.6. The predicted molar refractivity (Wildman–Crippen MR) is 252 cm³/mol. The molecule has 62 heavy (non-hydrogen) atoms. The van der Waals surface area contributed by atoms with E-state index in [0.717, 1.165) is 84.1 Å². The molecular weight excluding hydrogens is 753 g/mol. The molecule has 3 heteroatoms. The van der Waals surface area contributed by atoms with Crippen molar-refractivity contribution < 1.29 is 4.74 Å². The lowest BCUT2D eigenvalue weighted by atomic mass is 9.66. The highest BCUT2D eigenvalue weighted by atomic mass is 16.5. The highest BCUT2D eigenvalue weighted by Gasteiger charge is 2.51. The van der Waals surface area contributed by atoms with Gasteiger partial charge in [-0.25, -0.2) is 9.97 Å². The Morgan fingerprint density at radius 1 is 0.274 bits per heavy atom. The summed E-state index contributed by atoms with van der Waals surface area (Å²) in [6.45, 7) is 0. The monoisotopic (exact) mass is 790 g/mol. The van der Waals surface area contributed by atoms with E-state index in [1.54, 1.807) is 0 Å². The number of fused-ring (bicyclic) bond motifs is 9. The Morgan fingerprint density at radius 2 is 0.694 bits per heavy atom. The highest BCUT2D eigenvalue weighted by Crippen LogP contribution is 2.62. The maximum absolute atomic E-state index is 6.74. The summed E-state index contributed by atoms with van der Waals surface area (Å²) >= 11 is 0. The summed E-state index contributed by atoms with van der Waals surface area (Å²) < 4.78 is 6.74. The van der Waals surface area contributed by atoms with Crippen molar-refractivity contribution in [3.8, 4) is 89.9 Å². The molecule has 0 saturated carbocycles. The average molecular weight is 791 g/mol. The van der Waals surface area contributed by atoms with Gasteiger partial charge in [0.1, 0.15) is 11.5 Å². The molecule has 1 aliphatic heterocycles. The van der Waals surface area contributed by atoms with Gasteiger partial charge in [0.05, 0.1) is 16.8 Å². The number of para-hydroxylation sites is 1. The minimum absolute atomic E-state index is 0.542. The number of hydrogen-bond donors (Lipinski definition) is 0. The van der Waals surface area contributed by atoms with Gasteiger partial charge < -0.3 is 4.74 Å². The molecule has 0 radical (unpaired) electrons. The molecule has 1 aromatic heterocycles. The van der Waals surface area contributed by atoms with E-state index in [0.29, 0.717) is 5.82 Å². The van der Waals surface area contributed by atoms with Crippen molar-refractivity contribution >= 4 is 0 Å². The van der Waals surface area contributed by atoms with E-state index in [-0.39, 0.29) is 0 Å². The largest absolute Gasteiger partial charge is 0.457 e. The Labute approximate surface area is 361 Å². The molecule has 2 heterocycles. The van der Waals surface area contributed by atoms with Crippen molar-refractivity contribution in [2.75, 3.05) is 0 Å². The molecule has 9 aromatic carbocycles. The fourth-order valence-electron chi connectivity index (χ4n) is 9.72. The number of benzene rings is 9. The van der Waals surface area contributed by atoms with Gasteiger partial charge in [0.15, 0.2) is 5.82 Å². The molecule has 2 aliphatic rings. The van der Waals surface area contributed by atoms with Crippen LogP contribution in [0.5, 0.6) is 11.5 Å². The Kier molecular flexibility index (Phi) is 8.39. The summed E-state index contributed by atoms with van der Waals surface area (Å²) in [6, 6.07) is 82.0. The van der Waals surface area contributed by atoms with Crippen molar-refractivity contribution in [3.63, 3.8) is 0 Å². The highest BCUT2D eigenvalue weighted by molar-refractivity contribution is 5.89. The number of ether oxygens (including phenoxy) is 1. The zero-order valence-corrected chi connectivity index (χ0v) is 33.7. The third-order valence-electron chi connectivity index (χ3n) is 12.6. The summed E-state index contributed by atoms with van der Waals surface area (Å²) in [5.74, 6) is 2.42. The lowest BCUT2D eigenvalue weighted by Gasteiger charge is -2.39. The van der Waals surface area contributed by atoms with Crippen molar-refractivity contribution in [2.24, 2.45) is 0 Å². The summed E-state index contributed by atoms with van der Waals surface area (Å²) in [7, 11) is 0. The number of hydrogen-bond acceptors (Lipinski definition) is 3. The van der Waals surface area contributed by atoms with Crippen molar-refractivity contribution in [3.05, 3.63) is 253 Å². The third-order valence-corrected chi connectivity index (χ3v) is 12.6. The SMILES string of the molecule is c1ccc(-c2cccc(-c3cc(-c4cccc(-c5ccccc5)c4)nc(-c4cccc(-c5ccc6c(c5)C5(c7ccccc7O6)c6ccccc6-c6ccccc65)c4)n3)c2)cc1. The summed E-state index contributed by atoms with van der Waals surface area (Å²) in [5, 5.41) is 0. The van der Waals surface area contributed by atoms with Gasteiger partial charge in [0, 0.05) is 27.8 Å². The van der Waals surface area contributed by atoms with Crippen LogP contribution in [0.4, 0.5) is 0 Å². The Balaban J connectivity index is 1.01. The summed E-state index contributed by atoms with van der Waals surface area (Å²) in [6.07, 6.45) is 0. The second-order valence-corrected chi connectivity index (χ2v) is 16.1. The van der Waals surface area contributed by atoms with Gasteiger partial charge >= 0.3 is 0 Å². The van der Waals surface area contributed by atoms with Crippen LogP contribution in [0.3, 0.4) is 0 Å². The first-order valence-corrected chi connectivity index (χ1v) is 21.1. The van der Waals surface area contributed by atoms with Crippen molar-refractivity contribution in [2.45, 2.75) is 5.41 Å². The normalized spacial score (nSPS) is 12.8. The van der Waals surface area contributed by atoms with Crippen LogP contribution < -0.4 is 4.74 Å².